The molecule has 1 saturated carbocycles. The number of alkyl halides is 3. The minimum absolute atomic E-state index is 0.0476. The van der Waals surface area contributed by atoms with E-state index in [2.05, 4.69) is 25.6 Å². The number of carbonyl (C=O) groups is 2. The molecule has 3 aromatic rings. The largest absolute Gasteiger partial charge is 0.465 e. The zero-order valence-corrected chi connectivity index (χ0v) is 20.8. The smallest absolute Gasteiger partial charge is 0.419 e. The molecule has 0 bridgehead atoms. The average Bonchev–Trinajstić information content (AvgIpc) is 3.42. The first-order chi connectivity index (χ1) is 17.3. The summed E-state index contributed by atoms with van der Waals surface area (Å²) in [6.07, 6.45) is -1.12. The highest BCUT2D eigenvalue weighted by Gasteiger charge is 2.36. The molecule has 0 spiro atoms. The Morgan fingerprint density at radius 2 is 1.86 bits per heavy atom. The van der Waals surface area contributed by atoms with E-state index in [9.17, 15) is 22.8 Å². The molecule has 198 valence electrons. The molecule has 1 aliphatic carbocycles. The SMILES string of the molecule is COC(=O)c1ccc2c(-c3nc(N[C@H]4CC[C@H](NC(=O)OC(C)(C)C)C4)ncc3C(F)(F)F)c[nH]c2c1. The lowest BCUT2D eigenvalue weighted by Gasteiger charge is -2.22. The Labute approximate surface area is 211 Å². The second kappa shape index (κ2) is 9.91. The Morgan fingerprint density at radius 3 is 2.54 bits per heavy atom. The van der Waals surface area contributed by atoms with Crippen LogP contribution in [0.1, 0.15) is 56.0 Å². The van der Waals surface area contributed by atoms with Crippen LogP contribution < -0.4 is 10.6 Å². The highest BCUT2D eigenvalue weighted by atomic mass is 19.4. The fourth-order valence-electron chi connectivity index (χ4n) is 4.33. The van der Waals surface area contributed by atoms with Crippen molar-refractivity contribution in [3.63, 3.8) is 0 Å². The van der Waals surface area contributed by atoms with Gasteiger partial charge in [-0.25, -0.2) is 19.6 Å². The highest BCUT2D eigenvalue weighted by Crippen LogP contribution is 2.39. The second-order valence-corrected chi connectivity index (χ2v) is 9.91. The molecule has 9 nitrogen and oxygen atoms in total. The lowest BCUT2D eigenvalue weighted by molar-refractivity contribution is -0.137. The predicted octanol–water partition coefficient (Wildman–Crippen LogP) is 5.29. The van der Waals surface area contributed by atoms with Crippen LogP contribution in [0.3, 0.4) is 0 Å². The summed E-state index contributed by atoms with van der Waals surface area (Å²) < 4.78 is 51.6. The summed E-state index contributed by atoms with van der Waals surface area (Å²) in [6, 6.07) is 4.26. The standard InChI is InChI=1S/C25H28F3N5O4/c1-24(2,3)37-23(35)32-15-7-6-14(10-15)31-22-30-12-18(25(26,27)28)20(33-22)17-11-29-19-9-13(21(34)36-4)5-8-16(17)19/h5,8-9,11-12,14-15,29H,6-7,10H2,1-4H3,(H,32,35)(H,30,31,33)/t14-,15-/m0/s1. The summed E-state index contributed by atoms with van der Waals surface area (Å²) in [5.41, 5.74) is -0.935. The van der Waals surface area contributed by atoms with Gasteiger partial charge in [-0.2, -0.15) is 13.2 Å². The number of halogens is 3. The number of methoxy groups -OCH3 is 1. The molecule has 37 heavy (non-hydrogen) atoms. The van der Waals surface area contributed by atoms with Gasteiger partial charge in [-0.1, -0.05) is 6.07 Å². The Balaban J connectivity index is 1.57. The molecule has 1 aromatic carbocycles. The van der Waals surface area contributed by atoms with E-state index in [1.165, 1.54) is 25.4 Å². The molecule has 2 aromatic heterocycles. The molecular weight excluding hydrogens is 491 g/mol. The Hall–Kier alpha value is -3.83. The van der Waals surface area contributed by atoms with Crippen LogP contribution in [0.15, 0.2) is 30.6 Å². The van der Waals surface area contributed by atoms with Gasteiger partial charge in [-0.15, -0.1) is 0 Å². The van der Waals surface area contributed by atoms with Gasteiger partial charge in [0.1, 0.15) is 11.2 Å². The fourth-order valence-corrected chi connectivity index (χ4v) is 4.33. The van der Waals surface area contributed by atoms with E-state index >= 15 is 0 Å². The lowest BCUT2D eigenvalue weighted by Crippen LogP contribution is -2.38. The summed E-state index contributed by atoms with van der Waals surface area (Å²) in [5, 5.41) is 6.39. The molecule has 1 amide bonds. The van der Waals surface area contributed by atoms with Gasteiger partial charge < -0.3 is 25.1 Å². The molecule has 0 unspecified atom stereocenters. The number of nitrogens with one attached hydrogen (secondary N) is 3. The molecule has 0 saturated heterocycles. The number of fused-ring (bicyclic) bond motifs is 1. The summed E-state index contributed by atoms with van der Waals surface area (Å²) in [6.45, 7) is 5.32. The van der Waals surface area contributed by atoms with Crippen molar-refractivity contribution in [2.45, 2.75) is 63.9 Å². The van der Waals surface area contributed by atoms with Crippen molar-refractivity contribution in [1.29, 1.82) is 0 Å². The molecule has 2 heterocycles. The van der Waals surface area contributed by atoms with Gasteiger partial charge in [0.05, 0.1) is 18.4 Å². The van der Waals surface area contributed by atoms with Crippen molar-refractivity contribution in [2.75, 3.05) is 12.4 Å². The third-order valence-corrected chi connectivity index (χ3v) is 5.94. The van der Waals surface area contributed by atoms with Crippen molar-refractivity contribution in [3.8, 4) is 11.3 Å². The van der Waals surface area contributed by atoms with Crippen LogP contribution in [-0.2, 0) is 15.7 Å². The second-order valence-electron chi connectivity index (χ2n) is 9.91. The number of aromatic nitrogens is 3. The zero-order valence-electron chi connectivity index (χ0n) is 20.8. The van der Waals surface area contributed by atoms with E-state index in [-0.39, 0.29) is 34.9 Å². The first kappa shape index (κ1) is 26.2. The van der Waals surface area contributed by atoms with Crippen LogP contribution in [0.4, 0.5) is 23.9 Å². The highest BCUT2D eigenvalue weighted by molar-refractivity contribution is 6.00. The van der Waals surface area contributed by atoms with E-state index in [1.807, 2.05) is 0 Å². The van der Waals surface area contributed by atoms with Gasteiger partial charge in [-0.3, -0.25) is 0 Å². The maximum absolute atomic E-state index is 13.9. The first-order valence-corrected chi connectivity index (χ1v) is 11.7. The molecule has 12 heteroatoms. The van der Waals surface area contributed by atoms with E-state index in [0.29, 0.717) is 30.2 Å². The van der Waals surface area contributed by atoms with Gasteiger partial charge in [0.2, 0.25) is 5.95 Å². The van der Waals surface area contributed by atoms with Crippen LogP contribution in [0.5, 0.6) is 0 Å². The normalized spacial score (nSPS) is 18.0. The van der Waals surface area contributed by atoms with Crippen LogP contribution in [0.2, 0.25) is 0 Å². The quantitative estimate of drug-likeness (QED) is 0.392. The van der Waals surface area contributed by atoms with Crippen LogP contribution in [-0.4, -0.2) is 51.8 Å². The van der Waals surface area contributed by atoms with Gasteiger partial charge in [0.25, 0.3) is 0 Å². The Morgan fingerprint density at radius 1 is 1.14 bits per heavy atom. The molecule has 2 atom stereocenters. The van der Waals surface area contributed by atoms with Crippen LogP contribution in [0, 0.1) is 0 Å². The average molecular weight is 520 g/mol. The minimum Gasteiger partial charge on any atom is -0.465 e. The number of carbonyl (C=O) groups excluding carboxylic acids is 2. The number of anilines is 1. The molecule has 3 N–H and O–H groups in total. The number of nitrogens with zero attached hydrogens (tertiary/aromatic N) is 2. The van der Waals surface area contributed by atoms with E-state index in [4.69, 9.17) is 9.47 Å². The summed E-state index contributed by atoms with van der Waals surface area (Å²) in [7, 11) is 1.25. The number of H-pyrrole nitrogens is 1. The summed E-state index contributed by atoms with van der Waals surface area (Å²) >= 11 is 0. The molecule has 1 aliphatic rings. The van der Waals surface area contributed by atoms with Gasteiger partial charge >= 0.3 is 18.2 Å². The van der Waals surface area contributed by atoms with Gasteiger partial charge in [0, 0.05) is 40.9 Å². The van der Waals surface area contributed by atoms with Crippen LogP contribution in [0.25, 0.3) is 22.2 Å². The van der Waals surface area contributed by atoms with Crippen molar-refractivity contribution in [3.05, 3.63) is 41.7 Å². The van der Waals surface area contributed by atoms with Crippen molar-refractivity contribution >= 4 is 28.9 Å². The number of amides is 1. The fraction of sp³-hybridized carbons (Fsp3) is 0.440. The van der Waals surface area contributed by atoms with Gasteiger partial charge in [-0.05, 0) is 52.2 Å². The number of ether oxygens (including phenoxy) is 2. The first-order valence-electron chi connectivity index (χ1n) is 11.7. The Kier molecular flexibility index (Phi) is 7.03. The molecule has 0 aliphatic heterocycles. The lowest BCUT2D eigenvalue weighted by atomic mass is 10.0. The number of esters is 1. The number of benzene rings is 1. The van der Waals surface area contributed by atoms with Crippen molar-refractivity contribution < 1.29 is 32.2 Å². The van der Waals surface area contributed by atoms with Crippen molar-refractivity contribution in [2.24, 2.45) is 0 Å². The number of hydrogen-bond acceptors (Lipinski definition) is 7. The van der Waals surface area contributed by atoms with Gasteiger partial charge in [0.15, 0.2) is 0 Å². The number of alkyl carbamates (subject to hydrolysis) is 1. The predicted molar refractivity (Wildman–Crippen MR) is 130 cm³/mol. The number of hydrogen-bond donors (Lipinski definition) is 3. The monoisotopic (exact) mass is 519 g/mol. The van der Waals surface area contributed by atoms with E-state index in [1.54, 1.807) is 26.8 Å². The van der Waals surface area contributed by atoms with Crippen molar-refractivity contribution in [1.82, 2.24) is 20.3 Å². The third kappa shape index (κ3) is 6.12. The zero-order chi connectivity index (χ0) is 27.0. The summed E-state index contributed by atoms with van der Waals surface area (Å²) in [5.74, 6) is -0.509. The molecule has 0 radical (unpaired) electrons. The Bertz CT molecular complexity index is 1320. The maximum Gasteiger partial charge on any atom is 0.419 e. The summed E-state index contributed by atoms with van der Waals surface area (Å²) in [4.78, 5) is 34.9. The molecule has 1 fully saturated rings. The van der Waals surface area contributed by atoms with Crippen LogP contribution >= 0.6 is 0 Å². The topological polar surface area (TPSA) is 118 Å². The molecule has 4 rings (SSSR count). The third-order valence-electron chi connectivity index (χ3n) is 5.94. The van der Waals surface area contributed by atoms with E-state index < -0.39 is 29.4 Å². The number of rotatable bonds is 5. The van der Waals surface area contributed by atoms with E-state index in [0.717, 1.165) is 6.20 Å². The maximum atomic E-state index is 13.9. The molecular formula is C25H28F3N5O4. The number of aromatic amines is 1. The minimum atomic E-state index is -4.68.